The molecular formula is C21H29ClN2. The van der Waals surface area contributed by atoms with E-state index >= 15 is 0 Å². The van der Waals surface area contributed by atoms with Crippen LogP contribution in [0, 0.1) is 5.92 Å². The van der Waals surface area contributed by atoms with E-state index in [0.717, 1.165) is 12.0 Å². The van der Waals surface area contributed by atoms with E-state index in [1.807, 2.05) is 0 Å². The standard InChI is InChI=1S/C21H28N2.ClH/c1-16(19-9-8-18-4-2-3-5-20(18)14-19)23-12-10-21(11-13-23)22-15-17-6-7-17;/h2-5,8-9,14,16-17,21-22H,6-7,10-13,15H2,1H3;1H. The van der Waals surface area contributed by atoms with Crippen molar-refractivity contribution in [3.8, 4) is 0 Å². The van der Waals surface area contributed by atoms with Gasteiger partial charge in [-0.15, -0.1) is 12.4 Å². The van der Waals surface area contributed by atoms with Crippen molar-refractivity contribution < 1.29 is 0 Å². The zero-order chi connectivity index (χ0) is 15.6. The molecule has 1 aliphatic carbocycles. The predicted octanol–water partition coefficient (Wildman–Crippen LogP) is 4.79. The van der Waals surface area contributed by atoms with Gasteiger partial charge in [0.2, 0.25) is 0 Å². The fourth-order valence-corrected chi connectivity index (χ4v) is 3.82. The number of hydrogen-bond donors (Lipinski definition) is 1. The van der Waals surface area contributed by atoms with Gasteiger partial charge < -0.3 is 5.32 Å². The maximum Gasteiger partial charge on any atom is 0.0320 e. The molecule has 0 amide bonds. The highest BCUT2D eigenvalue weighted by atomic mass is 35.5. The van der Waals surface area contributed by atoms with E-state index in [9.17, 15) is 0 Å². The first-order chi connectivity index (χ1) is 11.3. The summed E-state index contributed by atoms with van der Waals surface area (Å²) >= 11 is 0. The fraction of sp³-hybridized carbons (Fsp3) is 0.524. The number of benzene rings is 2. The topological polar surface area (TPSA) is 15.3 Å². The van der Waals surface area contributed by atoms with E-state index in [4.69, 9.17) is 0 Å². The second-order valence-electron chi connectivity index (χ2n) is 7.44. The lowest BCUT2D eigenvalue weighted by Crippen LogP contribution is -2.43. The summed E-state index contributed by atoms with van der Waals surface area (Å²) in [6.07, 6.45) is 5.49. The SMILES string of the molecule is CC(c1ccc2ccccc2c1)N1CCC(NCC2CC2)CC1.Cl. The highest BCUT2D eigenvalue weighted by Gasteiger charge is 2.26. The molecule has 2 fully saturated rings. The van der Waals surface area contributed by atoms with Gasteiger partial charge in [-0.1, -0.05) is 36.4 Å². The summed E-state index contributed by atoms with van der Waals surface area (Å²) in [6.45, 7) is 6.06. The molecule has 2 aromatic rings. The summed E-state index contributed by atoms with van der Waals surface area (Å²) in [5, 5.41) is 6.48. The molecule has 4 rings (SSSR count). The van der Waals surface area contributed by atoms with Crippen LogP contribution in [0.4, 0.5) is 0 Å². The molecule has 0 bridgehead atoms. The van der Waals surface area contributed by atoms with Crippen LogP contribution >= 0.6 is 12.4 Å². The molecule has 1 saturated carbocycles. The Kier molecular flexibility index (Phi) is 5.80. The summed E-state index contributed by atoms with van der Waals surface area (Å²) in [5.74, 6) is 0.990. The van der Waals surface area contributed by atoms with Crippen LogP contribution in [0.2, 0.25) is 0 Å². The third kappa shape index (κ3) is 4.11. The lowest BCUT2D eigenvalue weighted by atomic mass is 9.98. The van der Waals surface area contributed by atoms with Crippen molar-refractivity contribution in [1.29, 1.82) is 0 Å². The van der Waals surface area contributed by atoms with Crippen LogP contribution in [0.25, 0.3) is 10.8 Å². The highest BCUT2D eigenvalue weighted by Crippen LogP contribution is 2.29. The van der Waals surface area contributed by atoms with Crippen molar-refractivity contribution in [2.45, 2.75) is 44.7 Å². The van der Waals surface area contributed by atoms with E-state index in [1.54, 1.807) is 0 Å². The van der Waals surface area contributed by atoms with Gasteiger partial charge in [0.15, 0.2) is 0 Å². The zero-order valence-corrected chi connectivity index (χ0v) is 15.4. The van der Waals surface area contributed by atoms with Crippen molar-refractivity contribution >= 4 is 23.2 Å². The van der Waals surface area contributed by atoms with Crippen molar-refractivity contribution in [1.82, 2.24) is 10.2 Å². The molecule has 2 aromatic carbocycles. The molecule has 24 heavy (non-hydrogen) atoms. The predicted molar refractivity (Wildman–Crippen MR) is 105 cm³/mol. The number of fused-ring (bicyclic) bond motifs is 1. The smallest absolute Gasteiger partial charge is 0.0320 e. The molecule has 1 heterocycles. The molecule has 130 valence electrons. The Morgan fingerprint density at radius 1 is 1.00 bits per heavy atom. The third-order valence-corrected chi connectivity index (χ3v) is 5.73. The van der Waals surface area contributed by atoms with Gasteiger partial charge in [-0.2, -0.15) is 0 Å². The lowest BCUT2D eigenvalue weighted by Gasteiger charge is -2.36. The molecular weight excluding hydrogens is 316 g/mol. The summed E-state index contributed by atoms with van der Waals surface area (Å²) in [6, 6.07) is 16.9. The number of nitrogens with one attached hydrogen (secondary N) is 1. The number of halogens is 1. The van der Waals surface area contributed by atoms with E-state index < -0.39 is 0 Å². The van der Waals surface area contributed by atoms with Crippen LogP contribution in [-0.4, -0.2) is 30.6 Å². The monoisotopic (exact) mass is 344 g/mol. The molecule has 2 nitrogen and oxygen atoms in total. The van der Waals surface area contributed by atoms with Gasteiger partial charge in [0.25, 0.3) is 0 Å². The number of nitrogens with zero attached hydrogens (tertiary/aromatic N) is 1. The summed E-state index contributed by atoms with van der Waals surface area (Å²) in [4.78, 5) is 2.65. The Balaban J connectivity index is 0.00000169. The Labute approximate surface area is 152 Å². The van der Waals surface area contributed by atoms with Crippen LogP contribution in [0.3, 0.4) is 0 Å². The average Bonchev–Trinajstić information content (AvgIpc) is 3.44. The van der Waals surface area contributed by atoms with Gasteiger partial charge in [0.05, 0.1) is 0 Å². The second kappa shape index (κ2) is 7.86. The molecule has 2 aliphatic rings. The average molecular weight is 345 g/mol. The van der Waals surface area contributed by atoms with Crippen molar-refractivity contribution in [3.05, 3.63) is 48.0 Å². The van der Waals surface area contributed by atoms with Crippen molar-refractivity contribution in [3.63, 3.8) is 0 Å². The minimum Gasteiger partial charge on any atom is -0.314 e. The zero-order valence-electron chi connectivity index (χ0n) is 14.6. The quantitative estimate of drug-likeness (QED) is 0.839. The first-order valence-electron chi connectivity index (χ1n) is 9.26. The van der Waals surface area contributed by atoms with Gasteiger partial charge >= 0.3 is 0 Å². The number of hydrogen-bond acceptors (Lipinski definition) is 2. The minimum absolute atomic E-state index is 0. The number of rotatable bonds is 5. The molecule has 0 radical (unpaired) electrons. The fourth-order valence-electron chi connectivity index (χ4n) is 3.82. The molecule has 1 unspecified atom stereocenters. The van der Waals surface area contributed by atoms with Crippen LogP contribution in [0.5, 0.6) is 0 Å². The molecule has 0 aromatic heterocycles. The van der Waals surface area contributed by atoms with Crippen LogP contribution in [0.15, 0.2) is 42.5 Å². The van der Waals surface area contributed by atoms with E-state index in [0.29, 0.717) is 6.04 Å². The van der Waals surface area contributed by atoms with Crippen molar-refractivity contribution in [2.75, 3.05) is 19.6 Å². The highest BCUT2D eigenvalue weighted by molar-refractivity contribution is 5.85. The van der Waals surface area contributed by atoms with Crippen LogP contribution < -0.4 is 5.32 Å². The van der Waals surface area contributed by atoms with E-state index in [2.05, 4.69) is 59.6 Å². The maximum atomic E-state index is 3.78. The van der Waals surface area contributed by atoms with Crippen LogP contribution in [-0.2, 0) is 0 Å². The van der Waals surface area contributed by atoms with E-state index in [-0.39, 0.29) is 12.4 Å². The van der Waals surface area contributed by atoms with Gasteiger partial charge in [-0.25, -0.2) is 0 Å². The van der Waals surface area contributed by atoms with E-state index in [1.165, 1.54) is 61.7 Å². The largest absolute Gasteiger partial charge is 0.314 e. The van der Waals surface area contributed by atoms with Gasteiger partial charge in [-0.3, -0.25) is 4.90 Å². The number of piperidine rings is 1. The second-order valence-corrected chi connectivity index (χ2v) is 7.44. The molecule has 1 atom stereocenters. The van der Waals surface area contributed by atoms with Crippen molar-refractivity contribution in [2.24, 2.45) is 5.92 Å². The first kappa shape index (κ1) is 17.7. The molecule has 1 saturated heterocycles. The maximum absolute atomic E-state index is 3.78. The Bertz CT molecular complexity index is 660. The van der Waals surface area contributed by atoms with Gasteiger partial charge in [0, 0.05) is 25.2 Å². The lowest BCUT2D eigenvalue weighted by molar-refractivity contribution is 0.152. The summed E-state index contributed by atoms with van der Waals surface area (Å²) in [5.41, 5.74) is 1.45. The number of likely N-dealkylation sites (tertiary alicyclic amines) is 1. The Morgan fingerprint density at radius 2 is 1.71 bits per heavy atom. The Morgan fingerprint density at radius 3 is 2.42 bits per heavy atom. The minimum atomic E-state index is 0. The first-order valence-corrected chi connectivity index (χ1v) is 9.26. The summed E-state index contributed by atoms with van der Waals surface area (Å²) in [7, 11) is 0. The summed E-state index contributed by atoms with van der Waals surface area (Å²) < 4.78 is 0. The Hall–Kier alpha value is -1.09. The van der Waals surface area contributed by atoms with Crippen LogP contribution in [0.1, 0.15) is 44.2 Å². The molecule has 1 aliphatic heterocycles. The molecule has 3 heteroatoms. The van der Waals surface area contributed by atoms with Gasteiger partial charge in [0.1, 0.15) is 0 Å². The molecule has 1 N–H and O–H groups in total. The third-order valence-electron chi connectivity index (χ3n) is 5.73. The normalized spacial score (nSPS) is 20.7. The molecule has 0 spiro atoms. The van der Waals surface area contributed by atoms with Gasteiger partial charge in [-0.05, 0) is 67.5 Å².